The van der Waals surface area contributed by atoms with E-state index in [9.17, 15) is 10.2 Å². The zero-order valence-electron chi connectivity index (χ0n) is 21.4. The Balaban J connectivity index is 2.40. The van der Waals surface area contributed by atoms with Gasteiger partial charge in [-0.15, -0.1) is 0 Å². The van der Waals surface area contributed by atoms with Crippen molar-refractivity contribution < 1.29 is 23.8 Å². The summed E-state index contributed by atoms with van der Waals surface area (Å²) in [4.78, 5) is 0. The number of hydrogen-bond donors (Lipinski definition) is 2. The van der Waals surface area contributed by atoms with Gasteiger partial charge in [-0.25, -0.2) is 0 Å². The normalized spacial score (nSPS) is 33.7. The van der Waals surface area contributed by atoms with Gasteiger partial charge in [-0.2, -0.15) is 0 Å². The number of rotatable bonds is 5. The Morgan fingerprint density at radius 3 is 1.70 bits per heavy atom. The Labute approximate surface area is 187 Å². The lowest BCUT2D eigenvalue weighted by Gasteiger charge is -2.54. The molecule has 1 aliphatic heterocycles. The second-order valence-electron chi connectivity index (χ2n) is 12.8. The van der Waals surface area contributed by atoms with Crippen molar-refractivity contribution in [1.29, 1.82) is 0 Å². The highest BCUT2D eigenvalue weighted by molar-refractivity contribution is 6.74. The van der Waals surface area contributed by atoms with Crippen LogP contribution in [0.25, 0.3) is 0 Å². The third-order valence-electron chi connectivity index (χ3n) is 8.33. The fourth-order valence-corrected chi connectivity index (χ4v) is 6.82. The minimum Gasteiger partial charge on any atom is -0.411 e. The van der Waals surface area contributed by atoms with Gasteiger partial charge in [0.05, 0.1) is 18.3 Å². The van der Waals surface area contributed by atoms with Gasteiger partial charge in [-0.3, -0.25) is 0 Å². The van der Waals surface area contributed by atoms with Crippen molar-refractivity contribution in [1.82, 2.24) is 0 Å². The van der Waals surface area contributed by atoms with Crippen molar-refractivity contribution in [2.24, 2.45) is 0 Å². The topological polar surface area (TPSA) is 68.2 Å². The van der Waals surface area contributed by atoms with E-state index in [4.69, 9.17) is 13.6 Å². The highest BCUT2D eigenvalue weighted by atomic mass is 28.4. The molecule has 5 nitrogen and oxygen atoms in total. The van der Waals surface area contributed by atoms with Gasteiger partial charge in [0.1, 0.15) is 5.60 Å². The maximum Gasteiger partial charge on any atom is 0.197 e. The summed E-state index contributed by atoms with van der Waals surface area (Å²) in [7, 11) is -4.21. The maximum atomic E-state index is 11.6. The van der Waals surface area contributed by atoms with Gasteiger partial charge >= 0.3 is 0 Å². The molecule has 0 radical (unpaired) electrons. The van der Waals surface area contributed by atoms with E-state index in [0.29, 0.717) is 12.8 Å². The molecule has 0 spiro atoms. The van der Waals surface area contributed by atoms with Crippen LogP contribution in [0.4, 0.5) is 0 Å². The van der Waals surface area contributed by atoms with Crippen molar-refractivity contribution in [2.75, 3.05) is 0 Å². The molecule has 0 aromatic carbocycles. The lowest BCUT2D eigenvalue weighted by molar-refractivity contribution is -0.354. The lowest BCUT2D eigenvalue weighted by Crippen LogP contribution is -2.67. The summed E-state index contributed by atoms with van der Waals surface area (Å²) in [6.07, 6.45) is 2.27. The molecule has 0 unspecified atom stereocenters. The van der Waals surface area contributed by atoms with Gasteiger partial charge in [0.15, 0.2) is 22.4 Å². The first-order chi connectivity index (χ1) is 13.2. The molecule has 2 fully saturated rings. The van der Waals surface area contributed by atoms with Crippen LogP contribution in [-0.2, 0) is 13.6 Å². The molecule has 1 heterocycles. The van der Waals surface area contributed by atoms with E-state index >= 15 is 0 Å². The summed E-state index contributed by atoms with van der Waals surface area (Å²) in [6.45, 7) is 24.3. The molecule has 1 aliphatic carbocycles. The van der Waals surface area contributed by atoms with Crippen LogP contribution in [0.5, 0.6) is 0 Å². The molecule has 2 rings (SSSR count). The zero-order chi connectivity index (χ0) is 23.4. The van der Waals surface area contributed by atoms with Crippen LogP contribution in [0.2, 0.25) is 36.3 Å². The Morgan fingerprint density at radius 2 is 1.27 bits per heavy atom. The van der Waals surface area contributed by atoms with E-state index in [1.807, 2.05) is 6.92 Å². The molecule has 1 saturated carbocycles. The van der Waals surface area contributed by atoms with E-state index in [0.717, 1.165) is 12.8 Å². The Bertz CT molecular complexity index is 602. The predicted molar refractivity (Wildman–Crippen MR) is 128 cm³/mol. The van der Waals surface area contributed by atoms with Crippen LogP contribution in [0.1, 0.15) is 80.6 Å². The second-order valence-corrected chi connectivity index (χ2v) is 22.3. The molecule has 0 bridgehead atoms. The first-order valence-electron chi connectivity index (χ1n) is 11.7. The minimum atomic E-state index is -2.12. The third kappa shape index (κ3) is 5.08. The van der Waals surface area contributed by atoms with Crippen LogP contribution in [-0.4, -0.2) is 56.5 Å². The molecular weight excluding hydrogens is 412 g/mol. The quantitative estimate of drug-likeness (QED) is 0.525. The summed E-state index contributed by atoms with van der Waals surface area (Å²) in [5.74, 6) is -1.59. The zero-order valence-corrected chi connectivity index (χ0v) is 23.4. The van der Waals surface area contributed by atoms with Gasteiger partial charge in [-0.05, 0) is 56.0 Å². The monoisotopic (exact) mass is 460 g/mol. The number of aliphatic hydroxyl groups is 2. The Morgan fingerprint density at radius 1 is 0.833 bits per heavy atom. The van der Waals surface area contributed by atoms with E-state index in [-0.39, 0.29) is 34.8 Å². The fourth-order valence-electron chi connectivity index (χ4n) is 4.12. The van der Waals surface area contributed by atoms with Crippen LogP contribution in [0.15, 0.2) is 0 Å². The maximum absolute atomic E-state index is 11.6. The highest BCUT2D eigenvalue weighted by Crippen LogP contribution is 2.49. The van der Waals surface area contributed by atoms with E-state index in [1.54, 1.807) is 0 Å². The Hall–Kier alpha value is 0.234. The summed E-state index contributed by atoms with van der Waals surface area (Å²) in [5.41, 5.74) is -1.21. The highest BCUT2D eigenvalue weighted by Gasteiger charge is 2.60. The number of hydrogen-bond acceptors (Lipinski definition) is 5. The van der Waals surface area contributed by atoms with Crippen LogP contribution in [0, 0.1) is 0 Å². The summed E-state index contributed by atoms with van der Waals surface area (Å²) >= 11 is 0. The SMILES string of the molecule is C[C@@H]1O[C@@](O)(C2(O)CCCC2)C[C@H](O[Si](C)(C)C(C)(C)C)[C@@H]1O[Si](C)(C)C(C)(C)C. The Kier molecular flexibility index (Phi) is 7.26. The largest absolute Gasteiger partial charge is 0.411 e. The minimum absolute atomic E-state index is 0.0401. The molecule has 7 heteroatoms. The van der Waals surface area contributed by atoms with Crippen molar-refractivity contribution in [2.45, 2.75) is 147 Å². The van der Waals surface area contributed by atoms with E-state index in [2.05, 4.69) is 67.7 Å². The van der Waals surface area contributed by atoms with Crippen molar-refractivity contribution in [3.8, 4) is 0 Å². The number of ether oxygens (including phenoxy) is 1. The first kappa shape index (κ1) is 26.5. The molecule has 178 valence electrons. The smallest absolute Gasteiger partial charge is 0.197 e. The fraction of sp³-hybridized carbons (Fsp3) is 1.00. The second kappa shape index (κ2) is 8.22. The van der Waals surface area contributed by atoms with Gasteiger partial charge in [0.2, 0.25) is 0 Å². The summed E-state index contributed by atoms with van der Waals surface area (Å²) in [6, 6.07) is 0. The first-order valence-corrected chi connectivity index (χ1v) is 17.5. The van der Waals surface area contributed by atoms with Gasteiger partial charge < -0.3 is 23.8 Å². The van der Waals surface area contributed by atoms with Gasteiger partial charge in [0.25, 0.3) is 0 Å². The molecule has 0 aromatic rings. The van der Waals surface area contributed by atoms with Crippen LogP contribution < -0.4 is 0 Å². The van der Waals surface area contributed by atoms with Crippen molar-refractivity contribution in [3.63, 3.8) is 0 Å². The molecule has 0 amide bonds. The van der Waals surface area contributed by atoms with Crippen LogP contribution in [0.3, 0.4) is 0 Å². The molecule has 2 aliphatic rings. The molecule has 2 N–H and O–H groups in total. The standard InChI is InChI=1S/C23H48O5Si2/c1-17-19(28-30(10,11)21(5,6)7)18(27-29(8,9)20(2,3)4)16-23(25,26-17)22(24)14-12-13-15-22/h17-19,24-25H,12-16H2,1-11H3/t17-,18-,19+,23+/m0/s1. The van der Waals surface area contributed by atoms with E-state index in [1.165, 1.54) is 0 Å². The van der Waals surface area contributed by atoms with Crippen LogP contribution >= 0.6 is 0 Å². The van der Waals surface area contributed by atoms with E-state index < -0.39 is 28.0 Å². The molecular formula is C23H48O5Si2. The predicted octanol–water partition coefficient (Wildman–Crippen LogP) is 5.57. The average Bonchev–Trinajstić information content (AvgIpc) is 2.97. The van der Waals surface area contributed by atoms with Gasteiger partial charge in [0, 0.05) is 6.42 Å². The van der Waals surface area contributed by atoms with Gasteiger partial charge in [-0.1, -0.05) is 54.4 Å². The molecule has 0 aromatic heterocycles. The lowest BCUT2D eigenvalue weighted by atomic mass is 9.83. The average molecular weight is 461 g/mol. The third-order valence-corrected chi connectivity index (χ3v) is 17.3. The molecule has 4 atom stereocenters. The van der Waals surface area contributed by atoms with Crippen molar-refractivity contribution >= 4 is 16.6 Å². The van der Waals surface area contributed by atoms with Crippen molar-refractivity contribution in [3.05, 3.63) is 0 Å². The molecule has 1 saturated heterocycles. The molecule has 30 heavy (non-hydrogen) atoms. The summed E-state index contributed by atoms with van der Waals surface area (Å²) in [5, 5.41) is 22.9. The summed E-state index contributed by atoms with van der Waals surface area (Å²) < 4.78 is 19.9.